The number of likely N-dealkylation sites (tertiary alicyclic amines) is 1. The van der Waals surface area contributed by atoms with E-state index in [1.54, 1.807) is 4.90 Å². The summed E-state index contributed by atoms with van der Waals surface area (Å²) in [4.78, 5) is 24.7. The van der Waals surface area contributed by atoms with E-state index in [1.807, 2.05) is 0 Å². The molecule has 0 bridgehead atoms. The number of piperidine rings is 1. The van der Waals surface area contributed by atoms with E-state index in [4.69, 9.17) is 5.11 Å². The Labute approximate surface area is 108 Å². The van der Waals surface area contributed by atoms with Crippen LogP contribution in [0.25, 0.3) is 0 Å². The van der Waals surface area contributed by atoms with Gasteiger partial charge in [0.25, 0.3) is 0 Å². The minimum atomic E-state index is -0.787. The van der Waals surface area contributed by atoms with Crippen LogP contribution in [0.5, 0.6) is 0 Å². The Morgan fingerprint density at radius 2 is 1.78 bits per heavy atom. The van der Waals surface area contributed by atoms with Gasteiger partial charge in [0.2, 0.25) is 0 Å². The molecule has 0 aromatic rings. The summed E-state index contributed by atoms with van der Waals surface area (Å²) in [6.07, 6.45) is 7.21. The van der Waals surface area contributed by atoms with Crippen LogP contribution >= 0.6 is 0 Å². The highest BCUT2D eigenvalue weighted by Gasteiger charge is 2.29. The molecule has 0 spiro atoms. The lowest BCUT2D eigenvalue weighted by atomic mass is 9.95. The molecule has 1 heterocycles. The van der Waals surface area contributed by atoms with Crippen LogP contribution in [-0.4, -0.2) is 41.1 Å². The number of rotatable bonds is 2. The molecular formula is C13H22N2O3. The highest BCUT2D eigenvalue weighted by Crippen LogP contribution is 2.19. The first-order valence-electron chi connectivity index (χ1n) is 6.95. The molecule has 2 amide bonds. The van der Waals surface area contributed by atoms with Crippen molar-refractivity contribution in [2.24, 2.45) is 5.92 Å². The molecule has 1 saturated carbocycles. The van der Waals surface area contributed by atoms with Crippen LogP contribution in [0.15, 0.2) is 0 Å². The van der Waals surface area contributed by atoms with Gasteiger partial charge in [0.15, 0.2) is 0 Å². The van der Waals surface area contributed by atoms with Crippen molar-refractivity contribution >= 4 is 12.0 Å². The Morgan fingerprint density at radius 1 is 1.06 bits per heavy atom. The van der Waals surface area contributed by atoms with Crippen LogP contribution in [0.4, 0.5) is 4.79 Å². The van der Waals surface area contributed by atoms with Crippen molar-refractivity contribution in [3.63, 3.8) is 0 Å². The number of amides is 2. The van der Waals surface area contributed by atoms with Gasteiger partial charge in [0, 0.05) is 19.1 Å². The van der Waals surface area contributed by atoms with Gasteiger partial charge < -0.3 is 15.3 Å². The second-order valence-corrected chi connectivity index (χ2v) is 5.41. The van der Waals surface area contributed by atoms with Crippen LogP contribution in [0.2, 0.25) is 0 Å². The SMILES string of the molecule is O=C(O)C1CCCN(C(=O)NC2CCCCC2)C1. The number of carbonyl (C=O) groups excluding carboxylic acids is 1. The highest BCUT2D eigenvalue weighted by atomic mass is 16.4. The first kappa shape index (κ1) is 13.2. The van der Waals surface area contributed by atoms with E-state index < -0.39 is 11.9 Å². The number of carboxylic acid groups (broad SMARTS) is 1. The molecule has 2 N–H and O–H groups in total. The molecule has 2 fully saturated rings. The predicted molar refractivity (Wildman–Crippen MR) is 67.3 cm³/mol. The standard InChI is InChI=1S/C13H22N2O3/c16-12(17)10-5-4-8-15(9-10)13(18)14-11-6-2-1-3-7-11/h10-11H,1-9H2,(H,14,18)(H,16,17). The van der Waals surface area contributed by atoms with E-state index in [0.29, 0.717) is 19.5 Å². The van der Waals surface area contributed by atoms with Crippen LogP contribution in [0, 0.1) is 5.92 Å². The Morgan fingerprint density at radius 3 is 2.44 bits per heavy atom. The first-order chi connectivity index (χ1) is 8.66. The van der Waals surface area contributed by atoms with Crippen LogP contribution in [0.1, 0.15) is 44.9 Å². The van der Waals surface area contributed by atoms with Gasteiger partial charge in [-0.2, -0.15) is 0 Å². The molecule has 2 rings (SSSR count). The number of urea groups is 1. The number of nitrogens with zero attached hydrogens (tertiary/aromatic N) is 1. The highest BCUT2D eigenvalue weighted by molar-refractivity contribution is 5.76. The summed E-state index contributed by atoms with van der Waals surface area (Å²) in [6, 6.07) is 0.212. The first-order valence-corrected chi connectivity index (χ1v) is 6.95. The minimum absolute atomic E-state index is 0.0761. The predicted octanol–water partition coefficient (Wildman–Crippen LogP) is 1.83. The molecule has 1 atom stereocenters. The summed E-state index contributed by atoms with van der Waals surface area (Å²) in [5, 5.41) is 12.0. The van der Waals surface area contributed by atoms with E-state index in [1.165, 1.54) is 19.3 Å². The molecule has 5 nitrogen and oxygen atoms in total. The lowest BCUT2D eigenvalue weighted by Gasteiger charge is -2.33. The van der Waals surface area contributed by atoms with Crippen molar-refractivity contribution in [3.8, 4) is 0 Å². The largest absolute Gasteiger partial charge is 0.481 e. The summed E-state index contributed by atoms with van der Waals surface area (Å²) in [5.74, 6) is -1.18. The monoisotopic (exact) mass is 254 g/mol. The fourth-order valence-corrected chi connectivity index (χ4v) is 2.88. The zero-order valence-electron chi connectivity index (χ0n) is 10.7. The average Bonchev–Trinajstić information content (AvgIpc) is 2.40. The van der Waals surface area contributed by atoms with Gasteiger partial charge in [0.05, 0.1) is 5.92 Å². The fraction of sp³-hybridized carbons (Fsp3) is 0.846. The molecule has 5 heteroatoms. The maximum atomic E-state index is 12.1. The molecule has 18 heavy (non-hydrogen) atoms. The van der Waals surface area contributed by atoms with Gasteiger partial charge in [-0.1, -0.05) is 19.3 Å². The van der Waals surface area contributed by atoms with Gasteiger partial charge in [-0.25, -0.2) is 4.79 Å². The number of hydrogen-bond acceptors (Lipinski definition) is 2. The Balaban J connectivity index is 1.82. The zero-order valence-corrected chi connectivity index (χ0v) is 10.7. The molecule has 102 valence electrons. The van der Waals surface area contributed by atoms with Crippen molar-refractivity contribution < 1.29 is 14.7 Å². The topological polar surface area (TPSA) is 69.6 Å². The maximum Gasteiger partial charge on any atom is 0.317 e. The second-order valence-electron chi connectivity index (χ2n) is 5.41. The van der Waals surface area contributed by atoms with E-state index in [-0.39, 0.29) is 12.1 Å². The van der Waals surface area contributed by atoms with Gasteiger partial charge in [-0.15, -0.1) is 0 Å². The summed E-state index contributed by atoms with van der Waals surface area (Å²) < 4.78 is 0. The average molecular weight is 254 g/mol. The lowest BCUT2D eigenvalue weighted by Crippen LogP contribution is -2.50. The third-order valence-electron chi connectivity index (χ3n) is 3.99. The lowest BCUT2D eigenvalue weighted by molar-refractivity contribution is -0.143. The minimum Gasteiger partial charge on any atom is -0.481 e. The maximum absolute atomic E-state index is 12.1. The number of carboxylic acids is 1. The van der Waals surface area contributed by atoms with E-state index in [2.05, 4.69) is 5.32 Å². The van der Waals surface area contributed by atoms with Crippen LogP contribution in [-0.2, 0) is 4.79 Å². The zero-order chi connectivity index (χ0) is 13.0. The summed E-state index contributed by atoms with van der Waals surface area (Å²) in [5.41, 5.74) is 0. The van der Waals surface area contributed by atoms with Crippen molar-refractivity contribution in [1.82, 2.24) is 10.2 Å². The van der Waals surface area contributed by atoms with Crippen molar-refractivity contribution in [2.75, 3.05) is 13.1 Å². The number of aliphatic carboxylic acids is 1. The fourth-order valence-electron chi connectivity index (χ4n) is 2.88. The van der Waals surface area contributed by atoms with Crippen LogP contribution < -0.4 is 5.32 Å². The third-order valence-corrected chi connectivity index (χ3v) is 3.99. The van der Waals surface area contributed by atoms with Gasteiger partial charge in [0.1, 0.15) is 0 Å². The van der Waals surface area contributed by atoms with Crippen LogP contribution in [0.3, 0.4) is 0 Å². The van der Waals surface area contributed by atoms with E-state index >= 15 is 0 Å². The number of nitrogens with one attached hydrogen (secondary N) is 1. The Kier molecular flexibility index (Phi) is 4.44. The molecule has 1 saturated heterocycles. The molecule has 1 aliphatic heterocycles. The second kappa shape index (κ2) is 6.07. The van der Waals surface area contributed by atoms with Crippen molar-refractivity contribution in [1.29, 1.82) is 0 Å². The Bertz CT molecular complexity index is 313. The normalized spacial score (nSPS) is 25.8. The van der Waals surface area contributed by atoms with Gasteiger partial charge >= 0.3 is 12.0 Å². The smallest absolute Gasteiger partial charge is 0.317 e. The van der Waals surface area contributed by atoms with Gasteiger partial charge in [-0.05, 0) is 25.7 Å². The summed E-state index contributed by atoms with van der Waals surface area (Å²) >= 11 is 0. The van der Waals surface area contributed by atoms with Crippen molar-refractivity contribution in [3.05, 3.63) is 0 Å². The molecule has 0 radical (unpaired) electrons. The molecule has 0 aromatic carbocycles. The van der Waals surface area contributed by atoms with E-state index in [9.17, 15) is 9.59 Å². The Hall–Kier alpha value is -1.26. The quantitative estimate of drug-likeness (QED) is 0.789. The molecular weight excluding hydrogens is 232 g/mol. The van der Waals surface area contributed by atoms with E-state index in [0.717, 1.165) is 19.3 Å². The summed E-state index contributed by atoms with van der Waals surface area (Å²) in [6.45, 7) is 1.04. The van der Waals surface area contributed by atoms with Gasteiger partial charge in [-0.3, -0.25) is 4.79 Å². The summed E-state index contributed by atoms with van der Waals surface area (Å²) in [7, 11) is 0. The van der Waals surface area contributed by atoms with Crippen molar-refractivity contribution in [2.45, 2.75) is 51.0 Å². The number of carbonyl (C=O) groups is 2. The molecule has 0 aromatic heterocycles. The number of hydrogen-bond donors (Lipinski definition) is 2. The molecule has 1 aliphatic carbocycles. The molecule has 2 aliphatic rings. The third kappa shape index (κ3) is 3.37. The molecule has 1 unspecified atom stereocenters.